The Labute approximate surface area is 103 Å². The maximum Gasteiger partial charge on any atom is 0.166 e. The Morgan fingerprint density at radius 2 is 1.88 bits per heavy atom. The molecule has 1 rings (SSSR count). The maximum atomic E-state index is 5.84. The Morgan fingerprint density at radius 3 is 2.35 bits per heavy atom. The van der Waals surface area contributed by atoms with E-state index in [2.05, 4.69) is 0 Å². The van der Waals surface area contributed by atoms with E-state index in [0.29, 0.717) is 12.4 Å². The smallest absolute Gasteiger partial charge is 0.166 e. The van der Waals surface area contributed by atoms with Gasteiger partial charge in [0.25, 0.3) is 0 Å². The van der Waals surface area contributed by atoms with Crippen LogP contribution >= 0.6 is 0 Å². The van der Waals surface area contributed by atoms with Gasteiger partial charge in [-0.15, -0.1) is 0 Å². The molecule has 0 saturated carbocycles. The summed E-state index contributed by atoms with van der Waals surface area (Å²) >= 11 is 0. The molecular formula is C13H21NO3. The molecule has 1 atom stereocenters. The monoisotopic (exact) mass is 239 g/mol. The Morgan fingerprint density at radius 1 is 1.18 bits per heavy atom. The van der Waals surface area contributed by atoms with Gasteiger partial charge in [0.05, 0.1) is 20.8 Å². The molecule has 1 unspecified atom stereocenters. The lowest BCUT2D eigenvalue weighted by Gasteiger charge is -2.17. The number of methoxy groups -OCH3 is 3. The molecule has 0 spiro atoms. The lowest BCUT2D eigenvalue weighted by atomic mass is 10.00. The zero-order valence-electron chi connectivity index (χ0n) is 10.9. The fourth-order valence-corrected chi connectivity index (χ4v) is 1.87. The summed E-state index contributed by atoms with van der Waals surface area (Å²) in [5, 5.41) is 0. The molecule has 0 bridgehead atoms. The van der Waals surface area contributed by atoms with Gasteiger partial charge in [-0.2, -0.15) is 0 Å². The second-order valence-corrected chi connectivity index (χ2v) is 4.05. The summed E-state index contributed by atoms with van der Waals surface area (Å²) in [6.45, 7) is 2.47. The quantitative estimate of drug-likeness (QED) is 0.821. The van der Waals surface area contributed by atoms with Gasteiger partial charge in [0.1, 0.15) is 0 Å². The molecule has 4 heteroatoms. The lowest BCUT2D eigenvalue weighted by Crippen LogP contribution is -2.19. The summed E-state index contributed by atoms with van der Waals surface area (Å²) in [4.78, 5) is 0. The Hall–Kier alpha value is -1.26. The summed E-state index contributed by atoms with van der Waals surface area (Å²) in [5.41, 5.74) is 7.98. The molecule has 0 heterocycles. The number of rotatable bonds is 6. The molecule has 1 aromatic rings. The average molecular weight is 239 g/mol. The van der Waals surface area contributed by atoms with Gasteiger partial charge in [-0.25, -0.2) is 0 Å². The second-order valence-electron chi connectivity index (χ2n) is 4.05. The van der Waals surface area contributed by atoms with Gasteiger partial charge in [0.2, 0.25) is 0 Å². The predicted octanol–water partition coefficient (Wildman–Crippen LogP) is 1.74. The third-order valence-corrected chi connectivity index (χ3v) is 2.58. The molecule has 0 aliphatic rings. The Balaban J connectivity index is 3.20. The van der Waals surface area contributed by atoms with Crippen molar-refractivity contribution in [3.8, 4) is 11.5 Å². The van der Waals surface area contributed by atoms with Crippen molar-refractivity contribution in [3.05, 3.63) is 23.3 Å². The normalized spacial score (nSPS) is 12.3. The number of hydrogen-bond donors (Lipinski definition) is 1. The standard InChI is InChI=1S/C13H21NO3/c1-9(14)7-10-5-6-12(16-3)13(17-4)11(10)8-15-2/h5-6,9H,7-8,14H2,1-4H3. The van der Waals surface area contributed by atoms with Crippen molar-refractivity contribution in [2.24, 2.45) is 5.73 Å². The van der Waals surface area contributed by atoms with E-state index in [1.165, 1.54) is 0 Å². The third-order valence-electron chi connectivity index (χ3n) is 2.58. The van der Waals surface area contributed by atoms with Gasteiger partial charge in [0, 0.05) is 18.7 Å². The highest BCUT2D eigenvalue weighted by atomic mass is 16.5. The molecule has 0 aromatic heterocycles. The lowest BCUT2D eigenvalue weighted by molar-refractivity contribution is 0.180. The van der Waals surface area contributed by atoms with Crippen LogP contribution in [0.3, 0.4) is 0 Å². The summed E-state index contributed by atoms with van der Waals surface area (Å²) < 4.78 is 15.9. The SMILES string of the molecule is COCc1c(CC(C)N)ccc(OC)c1OC. The van der Waals surface area contributed by atoms with Crippen molar-refractivity contribution in [2.75, 3.05) is 21.3 Å². The van der Waals surface area contributed by atoms with Crippen LogP contribution in [0.1, 0.15) is 18.1 Å². The summed E-state index contributed by atoms with van der Waals surface area (Å²) in [5.74, 6) is 1.44. The molecule has 0 amide bonds. The molecule has 0 fully saturated rings. The van der Waals surface area contributed by atoms with E-state index in [0.717, 1.165) is 23.3 Å². The molecule has 0 aliphatic heterocycles. The fraction of sp³-hybridized carbons (Fsp3) is 0.538. The first kappa shape index (κ1) is 13.8. The van der Waals surface area contributed by atoms with Gasteiger partial charge in [0.15, 0.2) is 11.5 Å². The van der Waals surface area contributed by atoms with Crippen molar-refractivity contribution in [1.29, 1.82) is 0 Å². The number of nitrogens with two attached hydrogens (primary N) is 1. The highest BCUT2D eigenvalue weighted by Crippen LogP contribution is 2.34. The van der Waals surface area contributed by atoms with Crippen LogP contribution in [0.5, 0.6) is 11.5 Å². The van der Waals surface area contributed by atoms with Gasteiger partial charge in [-0.3, -0.25) is 0 Å². The Bertz CT molecular complexity index is 364. The number of hydrogen-bond acceptors (Lipinski definition) is 4. The van der Waals surface area contributed by atoms with Crippen LogP contribution in [-0.2, 0) is 17.8 Å². The minimum absolute atomic E-state index is 0.101. The Kier molecular flexibility index (Phi) is 5.25. The van der Waals surface area contributed by atoms with E-state index in [1.54, 1.807) is 21.3 Å². The van der Waals surface area contributed by atoms with Crippen LogP contribution in [0, 0.1) is 0 Å². The highest BCUT2D eigenvalue weighted by molar-refractivity contribution is 5.50. The molecule has 1 aromatic carbocycles. The molecule has 96 valence electrons. The maximum absolute atomic E-state index is 5.84. The van der Waals surface area contributed by atoms with E-state index in [1.807, 2.05) is 19.1 Å². The van der Waals surface area contributed by atoms with Crippen LogP contribution in [0.4, 0.5) is 0 Å². The minimum atomic E-state index is 0.101. The first-order valence-corrected chi connectivity index (χ1v) is 5.61. The van der Waals surface area contributed by atoms with E-state index in [-0.39, 0.29) is 6.04 Å². The summed E-state index contributed by atoms with van der Waals surface area (Å²) in [6.07, 6.45) is 0.791. The number of ether oxygens (including phenoxy) is 3. The van der Waals surface area contributed by atoms with E-state index in [4.69, 9.17) is 19.9 Å². The van der Waals surface area contributed by atoms with Crippen LogP contribution in [-0.4, -0.2) is 27.4 Å². The minimum Gasteiger partial charge on any atom is -0.493 e. The summed E-state index contributed by atoms with van der Waals surface area (Å²) in [6, 6.07) is 4.01. The van der Waals surface area contributed by atoms with Crippen LogP contribution in [0.2, 0.25) is 0 Å². The van der Waals surface area contributed by atoms with Crippen molar-refractivity contribution < 1.29 is 14.2 Å². The fourth-order valence-electron chi connectivity index (χ4n) is 1.87. The van der Waals surface area contributed by atoms with E-state index < -0.39 is 0 Å². The first-order valence-electron chi connectivity index (χ1n) is 5.61. The van der Waals surface area contributed by atoms with Gasteiger partial charge < -0.3 is 19.9 Å². The molecule has 17 heavy (non-hydrogen) atoms. The number of benzene rings is 1. The zero-order valence-corrected chi connectivity index (χ0v) is 10.9. The molecule has 0 saturated heterocycles. The summed E-state index contributed by atoms with van der Waals surface area (Å²) in [7, 11) is 4.92. The first-order chi connectivity index (χ1) is 8.13. The largest absolute Gasteiger partial charge is 0.493 e. The van der Waals surface area contributed by atoms with Crippen molar-refractivity contribution in [3.63, 3.8) is 0 Å². The second kappa shape index (κ2) is 6.47. The molecule has 4 nitrogen and oxygen atoms in total. The van der Waals surface area contributed by atoms with Crippen LogP contribution in [0.25, 0.3) is 0 Å². The van der Waals surface area contributed by atoms with E-state index in [9.17, 15) is 0 Å². The van der Waals surface area contributed by atoms with Crippen molar-refractivity contribution >= 4 is 0 Å². The van der Waals surface area contributed by atoms with Gasteiger partial charge in [-0.05, 0) is 25.0 Å². The molecule has 0 radical (unpaired) electrons. The van der Waals surface area contributed by atoms with Crippen molar-refractivity contribution in [1.82, 2.24) is 0 Å². The van der Waals surface area contributed by atoms with Crippen LogP contribution < -0.4 is 15.2 Å². The van der Waals surface area contributed by atoms with E-state index >= 15 is 0 Å². The molecule has 2 N–H and O–H groups in total. The zero-order chi connectivity index (χ0) is 12.8. The van der Waals surface area contributed by atoms with Crippen LogP contribution in [0.15, 0.2) is 12.1 Å². The molecular weight excluding hydrogens is 218 g/mol. The van der Waals surface area contributed by atoms with Gasteiger partial charge in [-0.1, -0.05) is 6.07 Å². The van der Waals surface area contributed by atoms with Gasteiger partial charge >= 0.3 is 0 Å². The average Bonchev–Trinajstić information content (AvgIpc) is 2.30. The third kappa shape index (κ3) is 3.35. The highest BCUT2D eigenvalue weighted by Gasteiger charge is 2.15. The molecule has 0 aliphatic carbocycles. The predicted molar refractivity (Wildman–Crippen MR) is 67.6 cm³/mol. The topological polar surface area (TPSA) is 53.7 Å². The van der Waals surface area contributed by atoms with Crippen molar-refractivity contribution in [2.45, 2.75) is 26.0 Å².